The number of carbonyl (C=O) groups is 18. The van der Waals surface area contributed by atoms with Crippen LogP contribution in [-0.4, -0.2) is 333 Å². The highest BCUT2D eigenvalue weighted by Crippen LogP contribution is 2.23. The number of hydrogen-bond acceptors (Lipinski definition) is 29. The lowest BCUT2D eigenvalue weighted by Gasteiger charge is -2.32. The molecule has 0 aromatic heterocycles. The van der Waals surface area contributed by atoms with Crippen LogP contribution in [0.5, 0.6) is 5.75 Å². The van der Waals surface area contributed by atoms with Gasteiger partial charge in [0.1, 0.15) is 90.3 Å². The average molecular weight is 1780 g/mol. The van der Waals surface area contributed by atoms with Gasteiger partial charge in [0, 0.05) is 19.5 Å². The Kier molecular flexibility index (Phi) is 49.2. The van der Waals surface area contributed by atoms with Crippen LogP contribution in [0.25, 0.3) is 0 Å². The number of hydrogen-bond donors (Lipinski definition) is 25. The summed E-state index contributed by atoms with van der Waals surface area (Å²) < 4.78 is 0. The van der Waals surface area contributed by atoms with Gasteiger partial charge >= 0.3 is 5.97 Å². The SMILES string of the molecule is CSCC[C@H](NC(=O)[C@H](CCSC)NC(=O)[C@H](CC(N)=O)NC(=O)[C@H](C)NC(=O)[C@H](CO)NC(=O)[C@H](CO)NC(=O)[C@@H](NC(=O)[C@@H]1CCCN1C(=O)[C@@H](NC(=O)[C@H](CO)NC(=O)CNC(=O)CNC(=O)[C@@H]1CCCN1C(=O)[C@H](Cc1ccc(O)cc1)NC(=O)[C@H](CCCCN)NC(=O)[C@H](CCCCN)NC(=O)[C@@H](N)CCCCN)[C@@H](C)O)C(C)C)C(=O)O. The van der Waals surface area contributed by atoms with Gasteiger partial charge in [-0.15, -0.1) is 0 Å². The molecule has 0 spiro atoms. The van der Waals surface area contributed by atoms with E-state index < -0.39 is 248 Å². The third-order valence-electron chi connectivity index (χ3n) is 20.0. The first-order valence-corrected chi connectivity index (χ1v) is 43.6. The molecule has 2 heterocycles. The normalized spacial score (nSPS) is 17.1. The van der Waals surface area contributed by atoms with Crippen molar-refractivity contribution in [1.82, 2.24) is 84.2 Å². The summed E-state index contributed by atoms with van der Waals surface area (Å²) in [6, 6.07) is -16.4. The number of carboxylic acids is 1. The number of thioether (sulfide) groups is 2. The fourth-order valence-corrected chi connectivity index (χ4v) is 13.9. The lowest BCUT2D eigenvalue weighted by molar-refractivity contribution is -0.145. The van der Waals surface area contributed by atoms with E-state index >= 15 is 0 Å². The number of aliphatic carboxylic acids is 1. The number of rotatable bonds is 58. The standard InChI is InChI=1S/C76H127N21O24S2/c1-40(2)60(73(117)93-54(39-100)69(113)92-53(38-99)68(112)84-41(3)62(106)90-50(34-57(81)103)67(111)88-48(24-31-122-5)66(110)89-49(76(120)121)25-32-123-6)94-72(116)56-19-14-30-97(56)75(119)61(42(4)101)95-70(114)52(37-98)85-59(105)36-82-58(104)35-83-71(115)55-18-13-29-96(55)74(118)51(33-43-20-22-44(102)23-21-43)91-65(109)47(17-9-12-28-79)87-64(108)46(16-8-11-27-78)86-63(107)45(80)15-7-10-26-77/h20-23,40-42,45-56,60-61,98-102H,7-19,24-39,77-80H2,1-6H3,(H2,81,103)(H,82,104)(H,83,115)(H,84,112)(H,85,105)(H,86,107)(H,87,108)(H,88,111)(H,89,110)(H,90,106)(H,91,109)(H,92,113)(H,93,117)(H,94,116)(H,95,114)(H,120,121)/t41-,42+,45-,46-,47-,48-,49-,50-,51-,52-,53-,54-,55-,56-,60-,61-/m0/s1. The molecule has 0 aliphatic carbocycles. The maximum absolute atomic E-state index is 14.7. The summed E-state index contributed by atoms with van der Waals surface area (Å²) >= 11 is 2.64. The van der Waals surface area contributed by atoms with E-state index in [1.54, 1.807) is 12.5 Å². The summed E-state index contributed by atoms with van der Waals surface area (Å²) in [5.74, 6) is -18.0. The van der Waals surface area contributed by atoms with Gasteiger partial charge in [-0.25, -0.2) is 4.79 Å². The van der Waals surface area contributed by atoms with E-state index in [0.29, 0.717) is 81.5 Å². The predicted molar refractivity (Wildman–Crippen MR) is 448 cm³/mol. The fourth-order valence-electron chi connectivity index (χ4n) is 13.0. The zero-order chi connectivity index (χ0) is 92.2. The number of nitrogens with zero attached hydrogens (tertiary/aromatic N) is 2. The van der Waals surface area contributed by atoms with Crippen LogP contribution in [0.15, 0.2) is 24.3 Å². The number of phenolic OH excluding ortho intramolecular Hbond substituents is 1. The van der Waals surface area contributed by atoms with Crippen LogP contribution in [0.1, 0.15) is 136 Å². The number of carboxylic acid groups (broad SMARTS) is 1. The van der Waals surface area contributed by atoms with Crippen molar-refractivity contribution in [3.05, 3.63) is 29.8 Å². The van der Waals surface area contributed by atoms with Crippen molar-refractivity contribution in [1.29, 1.82) is 0 Å². The summed E-state index contributed by atoms with van der Waals surface area (Å²) in [5, 5.41) is 94.8. The van der Waals surface area contributed by atoms with Gasteiger partial charge in [0.05, 0.1) is 51.5 Å². The Morgan fingerprint density at radius 1 is 0.447 bits per heavy atom. The second kappa shape index (κ2) is 56.6. The Labute approximate surface area is 721 Å². The van der Waals surface area contributed by atoms with E-state index in [9.17, 15) is 117 Å². The molecule has 47 heteroatoms. The van der Waals surface area contributed by atoms with Gasteiger partial charge in [-0.05, 0) is 171 Å². The molecule has 0 saturated carbocycles. The molecule has 2 saturated heterocycles. The van der Waals surface area contributed by atoms with Crippen molar-refractivity contribution in [3.63, 3.8) is 0 Å². The highest BCUT2D eigenvalue weighted by Gasteiger charge is 2.44. The molecule has 1 aromatic rings. The quantitative estimate of drug-likeness (QED) is 0.0269. The predicted octanol–water partition coefficient (Wildman–Crippen LogP) is -9.82. The monoisotopic (exact) mass is 1780 g/mol. The van der Waals surface area contributed by atoms with Gasteiger partial charge in [-0.2, -0.15) is 23.5 Å². The smallest absolute Gasteiger partial charge is 0.326 e. The Morgan fingerprint density at radius 2 is 0.862 bits per heavy atom. The van der Waals surface area contributed by atoms with E-state index in [1.807, 2.05) is 0 Å². The van der Waals surface area contributed by atoms with E-state index in [2.05, 4.69) is 74.4 Å². The molecule has 2 aliphatic rings. The molecular weight excluding hydrogens is 1660 g/mol. The summed E-state index contributed by atoms with van der Waals surface area (Å²) in [6.07, 6.45) is 4.88. The van der Waals surface area contributed by atoms with Crippen molar-refractivity contribution in [3.8, 4) is 5.75 Å². The molecule has 45 nitrogen and oxygen atoms in total. The Hall–Kier alpha value is -10.1. The molecule has 30 N–H and O–H groups in total. The number of carbonyl (C=O) groups excluding carboxylic acids is 17. The van der Waals surface area contributed by atoms with E-state index in [4.69, 9.17) is 28.7 Å². The molecule has 16 atom stereocenters. The molecule has 0 bridgehead atoms. The third kappa shape index (κ3) is 37.1. The van der Waals surface area contributed by atoms with E-state index in [-0.39, 0.29) is 76.8 Å². The molecule has 123 heavy (non-hydrogen) atoms. The second-order valence-electron chi connectivity index (χ2n) is 30.1. The maximum Gasteiger partial charge on any atom is 0.326 e. The molecule has 2 fully saturated rings. The van der Waals surface area contributed by atoms with Crippen LogP contribution in [0, 0.1) is 5.92 Å². The lowest BCUT2D eigenvalue weighted by atomic mass is 10.0. The minimum Gasteiger partial charge on any atom is -0.508 e. The minimum atomic E-state index is -1.88. The van der Waals surface area contributed by atoms with Gasteiger partial charge in [-0.1, -0.05) is 32.4 Å². The topological polar surface area (TPSA) is 734 Å². The Bertz CT molecular complexity index is 3710. The number of unbranched alkanes of at least 4 members (excludes halogenated alkanes) is 3. The van der Waals surface area contributed by atoms with Crippen LogP contribution in [0.2, 0.25) is 0 Å². The number of phenols is 1. The average Bonchev–Trinajstić information content (AvgIpc) is 1.73. The Morgan fingerprint density at radius 3 is 1.36 bits per heavy atom. The number of aromatic hydroxyl groups is 1. The zero-order valence-electron chi connectivity index (χ0n) is 70.3. The lowest BCUT2D eigenvalue weighted by Crippen LogP contribution is -2.62. The highest BCUT2D eigenvalue weighted by atomic mass is 32.2. The molecule has 692 valence electrons. The second-order valence-corrected chi connectivity index (χ2v) is 32.1. The number of amides is 17. The van der Waals surface area contributed by atoms with Crippen molar-refractivity contribution < 1.29 is 117 Å². The van der Waals surface area contributed by atoms with E-state index in [1.165, 1.54) is 66.5 Å². The van der Waals surface area contributed by atoms with Crippen molar-refractivity contribution in [2.75, 3.05) is 89.7 Å². The molecule has 2 aliphatic heterocycles. The maximum atomic E-state index is 14.7. The summed E-state index contributed by atoms with van der Waals surface area (Å²) in [5.41, 5.74) is 29.1. The molecule has 0 radical (unpaired) electrons. The van der Waals surface area contributed by atoms with Gasteiger partial charge in [0.25, 0.3) is 0 Å². The number of benzene rings is 1. The Balaban J connectivity index is 1.66. The first-order chi connectivity index (χ1) is 58.3. The van der Waals surface area contributed by atoms with Gasteiger partial charge in [0.15, 0.2) is 0 Å². The number of nitrogens with two attached hydrogens (primary N) is 5. The molecular formula is C76H127N21O24S2. The number of primary amides is 1. The molecule has 0 unspecified atom stereocenters. The molecule has 3 rings (SSSR count). The fraction of sp³-hybridized carbons (Fsp3) is 0.684. The number of aliphatic hydroxyl groups is 4. The first-order valence-electron chi connectivity index (χ1n) is 40.8. The summed E-state index contributed by atoms with van der Waals surface area (Å²) in [7, 11) is 0. The minimum absolute atomic E-state index is 0.00643. The van der Waals surface area contributed by atoms with E-state index in [0.717, 1.165) is 18.7 Å². The van der Waals surface area contributed by atoms with Gasteiger partial charge < -0.3 is 144 Å². The van der Waals surface area contributed by atoms with Crippen LogP contribution >= 0.6 is 23.5 Å². The van der Waals surface area contributed by atoms with Gasteiger partial charge in [0.2, 0.25) is 100 Å². The van der Waals surface area contributed by atoms with Crippen LogP contribution in [0.3, 0.4) is 0 Å². The zero-order valence-corrected chi connectivity index (χ0v) is 71.9. The number of likely N-dealkylation sites (tertiary alicyclic amines) is 2. The largest absolute Gasteiger partial charge is 0.508 e. The first kappa shape index (κ1) is 107. The van der Waals surface area contributed by atoms with Crippen LogP contribution in [-0.2, 0) is 92.7 Å². The highest BCUT2D eigenvalue weighted by molar-refractivity contribution is 7.98. The van der Waals surface area contributed by atoms with Crippen molar-refractivity contribution in [2.24, 2.45) is 34.6 Å². The van der Waals surface area contributed by atoms with Crippen LogP contribution < -0.4 is 103 Å². The molecule has 17 amide bonds. The number of aliphatic hydroxyl groups excluding tert-OH is 4. The van der Waals surface area contributed by atoms with Crippen LogP contribution in [0.4, 0.5) is 0 Å². The number of nitrogens with one attached hydrogen (secondary N) is 14. The molecule has 1 aromatic carbocycles. The third-order valence-corrected chi connectivity index (χ3v) is 21.3. The summed E-state index contributed by atoms with van der Waals surface area (Å²) in [6.45, 7) is 1.08. The van der Waals surface area contributed by atoms with Crippen molar-refractivity contribution >= 4 is 130 Å². The van der Waals surface area contributed by atoms with Crippen molar-refractivity contribution in [2.45, 2.75) is 234 Å². The summed E-state index contributed by atoms with van der Waals surface area (Å²) in [4.78, 5) is 246. The van der Waals surface area contributed by atoms with Gasteiger partial charge in [-0.3, -0.25) is 81.5 Å².